The van der Waals surface area contributed by atoms with Gasteiger partial charge in [-0.2, -0.15) is 0 Å². The first kappa shape index (κ1) is 32.0. The molecule has 1 radical (unpaired) electrons. The summed E-state index contributed by atoms with van der Waals surface area (Å²) in [5, 5.41) is 3.88. The standard InChI is InChI=1S/C26H28NOSi.C13H12N.Ir/c1-29(2,3)24-14-13-20(26-25(24)21-11-7-8-12-23(21)28-26)22-17-19(15-16-27-22)18-9-5-4-6-10-18;1-10-8-13(14-9-11(10)2)12-6-4-3-5-7-12;/h7-8,11-12,14-18H,4-6,9-10H2,1-3H3;3-6,8-9H,1-2H3;/q2*-1;. The van der Waals surface area contributed by atoms with Crippen molar-refractivity contribution in [3.63, 3.8) is 0 Å². The van der Waals surface area contributed by atoms with E-state index in [0.717, 1.165) is 33.7 Å². The fourth-order valence-corrected chi connectivity index (χ4v) is 7.65. The van der Waals surface area contributed by atoms with Crippen LogP contribution in [0.5, 0.6) is 0 Å². The van der Waals surface area contributed by atoms with Crippen LogP contribution >= 0.6 is 0 Å². The van der Waals surface area contributed by atoms with Crippen LogP contribution in [0.4, 0.5) is 0 Å². The van der Waals surface area contributed by atoms with Gasteiger partial charge in [-0.05, 0) is 61.7 Å². The second-order valence-corrected chi connectivity index (χ2v) is 17.9. The molecule has 0 atom stereocenters. The summed E-state index contributed by atoms with van der Waals surface area (Å²) in [6.07, 6.45) is 10.5. The van der Waals surface area contributed by atoms with Gasteiger partial charge in [-0.25, -0.2) is 0 Å². The molecule has 0 amide bonds. The van der Waals surface area contributed by atoms with E-state index in [2.05, 4.69) is 93.1 Å². The summed E-state index contributed by atoms with van der Waals surface area (Å²) in [4.78, 5) is 9.11. The molecule has 3 nitrogen and oxygen atoms in total. The Morgan fingerprint density at radius 3 is 2.32 bits per heavy atom. The number of benzene rings is 3. The van der Waals surface area contributed by atoms with Gasteiger partial charge in [-0.1, -0.05) is 91.3 Å². The molecule has 1 fully saturated rings. The normalized spacial score (nSPS) is 13.8. The number of fused-ring (bicyclic) bond motifs is 3. The Kier molecular flexibility index (Phi) is 9.99. The van der Waals surface area contributed by atoms with E-state index in [1.54, 1.807) is 0 Å². The number of aromatic nitrogens is 2. The molecule has 0 N–H and O–H groups in total. The number of hydrogen-bond acceptors (Lipinski definition) is 3. The van der Waals surface area contributed by atoms with E-state index in [-0.39, 0.29) is 20.1 Å². The summed E-state index contributed by atoms with van der Waals surface area (Å²) < 4.78 is 6.41. The van der Waals surface area contributed by atoms with Gasteiger partial charge in [-0.15, -0.1) is 53.2 Å². The van der Waals surface area contributed by atoms with Crippen LogP contribution in [0.25, 0.3) is 44.5 Å². The van der Waals surface area contributed by atoms with Crippen LogP contribution in [0, 0.1) is 26.0 Å². The Bertz CT molecular complexity index is 1870. The minimum atomic E-state index is -1.55. The quantitative estimate of drug-likeness (QED) is 0.132. The Labute approximate surface area is 276 Å². The van der Waals surface area contributed by atoms with Crippen molar-refractivity contribution in [3.05, 3.63) is 114 Å². The summed E-state index contributed by atoms with van der Waals surface area (Å²) >= 11 is 0. The van der Waals surface area contributed by atoms with Crippen molar-refractivity contribution in [1.29, 1.82) is 0 Å². The molecule has 44 heavy (non-hydrogen) atoms. The van der Waals surface area contributed by atoms with Gasteiger partial charge in [0.25, 0.3) is 0 Å². The van der Waals surface area contributed by atoms with Gasteiger partial charge in [0.15, 0.2) is 0 Å². The molecule has 0 spiro atoms. The maximum Gasteiger partial charge on any atom is 0.120 e. The maximum absolute atomic E-state index is 6.41. The summed E-state index contributed by atoms with van der Waals surface area (Å²) in [5.74, 6) is 0.665. The molecule has 6 aromatic rings. The molecule has 7 rings (SSSR count). The average molecular weight is 773 g/mol. The monoisotopic (exact) mass is 773 g/mol. The van der Waals surface area contributed by atoms with Gasteiger partial charge in [0.2, 0.25) is 0 Å². The van der Waals surface area contributed by atoms with Crippen molar-refractivity contribution < 1.29 is 24.5 Å². The van der Waals surface area contributed by atoms with E-state index >= 15 is 0 Å². The summed E-state index contributed by atoms with van der Waals surface area (Å²) in [5.41, 5.74) is 9.84. The van der Waals surface area contributed by atoms with E-state index in [1.807, 2.05) is 42.7 Å². The number of hydrogen-bond donors (Lipinski definition) is 0. The summed E-state index contributed by atoms with van der Waals surface area (Å²) in [7, 11) is -1.55. The Balaban J connectivity index is 0.000000216. The minimum Gasteiger partial charge on any atom is -0.501 e. The summed E-state index contributed by atoms with van der Waals surface area (Å²) in [6.45, 7) is 11.3. The van der Waals surface area contributed by atoms with Gasteiger partial charge in [-0.3, -0.25) is 0 Å². The minimum absolute atomic E-state index is 0. The molecule has 3 aromatic carbocycles. The molecule has 0 bridgehead atoms. The molecule has 3 aromatic heterocycles. The van der Waals surface area contributed by atoms with E-state index in [1.165, 1.54) is 64.8 Å². The number of aryl methyl sites for hydroxylation is 2. The van der Waals surface area contributed by atoms with Crippen molar-refractivity contribution in [2.75, 3.05) is 0 Å². The zero-order chi connectivity index (χ0) is 30.0. The first-order valence-electron chi connectivity index (χ1n) is 15.5. The smallest absolute Gasteiger partial charge is 0.120 e. The van der Waals surface area contributed by atoms with E-state index in [9.17, 15) is 0 Å². The van der Waals surface area contributed by atoms with Crippen LogP contribution < -0.4 is 5.19 Å². The predicted molar refractivity (Wildman–Crippen MR) is 183 cm³/mol. The number of furan rings is 1. The van der Waals surface area contributed by atoms with Gasteiger partial charge in [0, 0.05) is 46.0 Å². The molecular formula is C39H40IrN2OSi-2. The average Bonchev–Trinajstić information content (AvgIpc) is 3.42. The number of rotatable bonds is 4. The molecule has 1 aliphatic rings. The van der Waals surface area contributed by atoms with Gasteiger partial charge < -0.3 is 14.4 Å². The van der Waals surface area contributed by atoms with Crippen molar-refractivity contribution in [2.45, 2.75) is 71.5 Å². The van der Waals surface area contributed by atoms with Crippen molar-refractivity contribution in [3.8, 4) is 22.5 Å². The van der Waals surface area contributed by atoms with Crippen LogP contribution in [0.1, 0.15) is 54.7 Å². The first-order valence-corrected chi connectivity index (χ1v) is 19.0. The summed E-state index contributed by atoms with van der Waals surface area (Å²) in [6, 6.07) is 31.8. The number of para-hydroxylation sites is 1. The second kappa shape index (κ2) is 13.7. The fraction of sp³-hybridized carbons (Fsp3) is 0.282. The molecule has 0 saturated heterocycles. The Hall–Kier alpha value is -3.37. The Morgan fingerprint density at radius 1 is 0.818 bits per heavy atom. The van der Waals surface area contributed by atoms with E-state index < -0.39 is 8.07 Å². The van der Waals surface area contributed by atoms with Crippen LogP contribution in [-0.4, -0.2) is 18.0 Å². The van der Waals surface area contributed by atoms with Gasteiger partial charge in [0.05, 0.1) is 5.58 Å². The van der Waals surface area contributed by atoms with Crippen molar-refractivity contribution >= 4 is 35.2 Å². The van der Waals surface area contributed by atoms with Crippen LogP contribution in [0.2, 0.25) is 19.6 Å². The van der Waals surface area contributed by atoms with Gasteiger partial charge >= 0.3 is 0 Å². The molecule has 5 heteroatoms. The second-order valence-electron chi connectivity index (χ2n) is 12.9. The van der Waals surface area contributed by atoms with E-state index in [0.29, 0.717) is 5.92 Å². The van der Waals surface area contributed by atoms with E-state index in [4.69, 9.17) is 9.40 Å². The molecular weight excluding hydrogens is 733 g/mol. The van der Waals surface area contributed by atoms with Crippen LogP contribution in [0.15, 0.2) is 89.6 Å². The van der Waals surface area contributed by atoms with Crippen LogP contribution in [0.3, 0.4) is 0 Å². The third-order valence-electron chi connectivity index (χ3n) is 8.73. The van der Waals surface area contributed by atoms with Crippen molar-refractivity contribution in [1.82, 2.24) is 9.97 Å². The third kappa shape index (κ3) is 6.81. The molecule has 1 saturated carbocycles. The molecule has 0 aliphatic heterocycles. The maximum atomic E-state index is 6.41. The fourth-order valence-electron chi connectivity index (χ4n) is 6.15. The largest absolute Gasteiger partial charge is 0.501 e. The van der Waals surface area contributed by atoms with Crippen molar-refractivity contribution in [2.24, 2.45) is 0 Å². The predicted octanol–water partition coefficient (Wildman–Crippen LogP) is 10.2. The molecule has 1 aliphatic carbocycles. The topological polar surface area (TPSA) is 38.9 Å². The molecule has 0 unspecified atom stereocenters. The van der Waals surface area contributed by atoms with Gasteiger partial charge in [0.1, 0.15) is 5.58 Å². The number of pyridine rings is 2. The molecule has 3 heterocycles. The van der Waals surface area contributed by atoms with Crippen LogP contribution in [-0.2, 0) is 20.1 Å². The molecule has 227 valence electrons. The zero-order valence-corrected chi connectivity index (χ0v) is 29.7. The Morgan fingerprint density at radius 2 is 1.59 bits per heavy atom. The SMILES string of the molecule is C[Si](C)(C)c1c[c-]c(-c2cc(C3CCCCC3)ccn2)c2oc3ccccc3c12.Cc1cnc(-c2[c-]cccc2)cc1C.[Ir]. The number of nitrogens with zero attached hydrogens (tertiary/aromatic N) is 2. The first-order chi connectivity index (χ1) is 20.8. The third-order valence-corrected chi connectivity index (χ3v) is 10.7. The zero-order valence-electron chi connectivity index (χ0n) is 26.3.